The van der Waals surface area contributed by atoms with E-state index in [4.69, 9.17) is 11.6 Å². The molecule has 0 fully saturated rings. The topological polar surface area (TPSA) is 30.0 Å². The third-order valence-electron chi connectivity index (χ3n) is 2.48. The molecule has 98 valence electrons. The van der Waals surface area contributed by atoms with Gasteiger partial charge in [-0.1, -0.05) is 29.8 Å². The highest BCUT2D eigenvalue weighted by Gasteiger charge is 2.34. The van der Waals surface area contributed by atoms with Crippen LogP contribution in [0, 0.1) is 0 Å². The molecule has 2 nitrogen and oxygen atoms in total. The Labute approximate surface area is 111 Å². The number of nitrogens with zero attached hydrogens (tertiary/aromatic N) is 1. The van der Waals surface area contributed by atoms with E-state index in [2.05, 4.69) is 4.98 Å². The Kier molecular flexibility index (Phi) is 3.57. The number of aldehydes is 1. The zero-order valence-electron chi connectivity index (χ0n) is 9.41. The first kappa shape index (κ1) is 13.5. The summed E-state index contributed by atoms with van der Waals surface area (Å²) < 4.78 is 38.7. The van der Waals surface area contributed by atoms with Crippen LogP contribution in [0.25, 0.3) is 11.3 Å². The summed E-state index contributed by atoms with van der Waals surface area (Å²) in [5.41, 5.74) is -1.02. The minimum atomic E-state index is -4.52. The van der Waals surface area contributed by atoms with Crippen molar-refractivity contribution in [3.63, 3.8) is 0 Å². The lowest BCUT2D eigenvalue weighted by molar-refractivity contribution is -0.137. The summed E-state index contributed by atoms with van der Waals surface area (Å²) in [5, 5.41) is 0.0577. The summed E-state index contributed by atoms with van der Waals surface area (Å²) in [6.07, 6.45) is -4.06. The lowest BCUT2D eigenvalue weighted by atomic mass is 10.0. The van der Waals surface area contributed by atoms with E-state index in [1.54, 1.807) is 0 Å². The molecule has 2 aromatic rings. The van der Waals surface area contributed by atoms with E-state index in [0.717, 1.165) is 6.07 Å². The maximum Gasteiger partial charge on any atom is 0.417 e. The molecule has 2 rings (SSSR count). The molecule has 0 aliphatic rings. The zero-order valence-corrected chi connectivity index (χ0v) is 10.2. The molecule has 0 saturated heterocycles. The van der Waals surface area contributed by atoms with Gasteiger partial charge < -0.3 is 0 Å². The van der Waals surface area contributed by atoms with Gasteiger partial charge in [-0.25, -0.2) is 4.98 Å². The van der Waals surface area contributed by atoms with Gasteiger partial charge in [0.1, 0.15) is 5.69 Å². The van der Waals surface area contributed by atoms with Gasteiger partial charge in [-0.05, 0) is 18.2 Å². The Morgan fingerprint density at radius 3 is 2.42 bits per heavy atom. The van der Waals surface area contributed by atoms with E-state index in [1.807, 2.05) is 0 Å². The molecule has 0 aliphatic heterocycles. The number of hydrogen-bond donors (Lipinski definition) is 0. The van der Waals surface area contributed by atoms with Gasteiger partial charge in [-0.15, -0.1) is 0 Å². The SMILES string of the molecule is O=Cc1ccc(Cl)c(-c2ccccc2C(F)(F)F)n1. The Hall–Kier alpha value is -1.88. The van der Waals surface area contributed by atoms with Crippen LogP contribution in [0.2, 0.25) is 5.02 Å². The van der Waals surface area contributed by atoms with E-state index >= 15 is 0 Å². The van der Waals surface area contributed by atoms with Crippen LogP contribution in [0.5, 0.6) is 0 Å². The normalized spacial score (nSPS) is 11.4. The smallest absolute Gasteiger partial charge is 0.296 e. The number of halogens is 4. The summed E-state index contributed by atoms with van der Waals surface area (Å²) in [5.74, 6) is 0. The molecule has 1 aromatic carbocycles. The second kappa shape index (κ2) is 5.01. The van der Waals surface area contributed by atoms with E-state index in [9.17, 15) is 18.0 Å². The van der Waals surface area contributed by atoms with Gasteiger partial charge in [0.25, 0.3) is 0 Å². The van der Waals surface area contributed by atoms with Crippen molar-refractivity contribution in [2.45, 2.75) is 6.18 Å². The van der Waals surface area contributed by atoms with Gasteiger partial charge in [0.2, 0.25) is 0 Å². The number of carbonyl (C=O) groups is 1. The highest BCUT2D eigenvalue weighted by molar-refractivity contribution is 6.33. The van der Waals surface area contributed by atoms with Crippen LogP contribution in [-0.4, -0.2) is 11.3 Å². The summed E-state index contributed by atoms with van der Waals surface area (Å²) in [6, 6.07) is 7.64. The average Bonchev–Trinajstić information content (AvgIpc) is 2.38. The lowest BCUT2D eigenvalue weighted by Crippen LogP contribution is -2.07. The molecule has 0 bridgehead atoms. The Bertz CT molecular complexity index is 626. The molecule has 0 radical (unpaired) electrons. The van der Waals surface area contributed by atoms with Gasteiger partial charge in [0.15, 0.2) is 6.29 Å². The van der Waals surface area contributed by atoms with Crippen LogP contribution in [0.1, 0.15) is 16.1 Å². The zero-order chi connectivity index (χ0) is 14.0. The van der Waals surface area contributed by atoms with Crippen molar-refractivity contribution in [3.8, 4) is 11.3 Å². The molecule has 19 heavy (non-hydrogen) atoms. The van der Waals surface area contributed by atoms with Gasteiger partial charge in [-0.3, -0.25) is 4.79 Å². The van der Waals surface area contributed by atoms with Crippen LogP contribution in [0.3, 0.4) is 0 Å². The molecule has 0 unspecified atom stereocenters. The fraction of sp³-hybridized carbons (Fsp3) is 0.0769. The number of alkyl halides is 3. The van der Waals surface area contributed by atoms with Crippen LogP contribution in [-0.2, 0) is 6.18 Å². The van der Waals surface area contributed by atoms with Crippen molar-refractivity contribution >= 4 is 17.9 Å². The molecule has 0 atom stereocenters. The number of benzene rings is 1. The monoisotopic (exact) mass is 285 g/mol. The van der Waals surface area contributed by atoms with Crippen molar-refractivity contribution in [1.82, 2.24) is 4.98 Å². The maximum atomic E-state index is 12.9. The van der Waals surface area contributed by atoms with E-state index in [1.165, 1.54) is 30.3 Å². The van der Waals surface area contributed by atoms with Crippen molar-refractivity contribution < 1.29 is 18.0 Å². The fourth-order valence-corrected chi connectivity index (χ4v) is 1.86. The van der Waals surface area contributed by atoms with Crippen molar-refractivity contribution in [2.75, 3.05) is 0 Å². The van der Waals surface area contributed by atoms with E-state index < -0.39 is 11.7 Å². The van der Waals surface area contributed by atoms with Gasteiger partial charge in [-0.2, -0.15) is 13.2 Å². The average molecular weight is 286 g/mol. The number of carbonyl (C=O) groups excluding carboxylic acids is 1. The minimum absolute atomic E-state index is 0.0244. The van der Waals surface area contributed by atoms with Crippen LogP contribution in [0.4, 0.5) is 13.2 Å². The highest BCUT2D eigenvalue weighted by atomic mass is 35.5. The molecule has 1 aromatic heterocycles. The van der Waals surface area contributed by atoms with Crippen molar-refractivity contribution in [1.29, 1.82) is 0 Å². The Morgan fingerprint density at radius 2 is 1.79 bits per heavy atom. The molecule has 1 heterocycles. The molecular weight excluding hydrogens is 279 g/mol. The van der Waals surface area contributed by atoms with E-state index in [-0.39, 0.29) is 22.0 Å². The van der Waals surface area contributed by atoms with Crippen molar-refractivity contribution in [3.05, 3.63) is 52.7 Å². The number of hydrogen-bond acceptors (Lipinski definition) is 2. The minimum Gasteiger partial charge on any atom is -0.296 e. The fourth-order valence-electron chi connectivity index (χ4n) is 1.65. The molecule has 0 saturated carbocycles. The second-order valence-electron chi connectivity index (χ2n) is 3.73. The molecule has 6 heteroatoms. The number of rotatable bonds is 2. The first-order valence-corrected chi connectivity index (χ1v) is 5.59. The molecule has 0 spiro atoms. The highest BCUT2D eigenvalue weighted by Crippen LogP contribution is 2.38. The number of aromatic nitrogens is 1. The first-order chi connectivity index (χ1) is 8.93. The van der Waals surface area contributed by atoms with Crippen LogP contribution >= 0.6 is 11.6 Å². The third-order valence-corrected chi connectivity index (χ3v) is 2.78. The van der Waals surface area contributed by atoms with Gasteiger partial charge in [0, 0.05) is 5.56 Å². The summed E-state index contributed by atoms with van der Waals surface area (Å²) in [4.78, 5) is 14.5. The first-order valence-electron chi connectivity index (χ1n) is 5.22. The summed E-state index contributed by atoms with van der Waals surface area (Å²) in [6.45, 7) is 0. The molecule has 0 amide bonds. The van der Waals surface area contributed by atoms with E-state index in [0.29, 0.717) is 6.29 Å². The standard InChI is InChI=1S/C13H7ClF3NO/c14-11-6-5-8(7-19)18-12(11)9-3-1-2-4-10(9)13(15,16)17/h1-7H. The molecular formula is C13H7ClF3NO. The molecule has 0 N–H and O–H groups in total. The quantitative estimate of drug-likeness (QED) is 0.773. The maximum absolute atomic E-state index is 12.9. The third kappa shape index (κ3) is 2.76. The van der Waals surface area contributed by atoms with Crippen LogP contribution < -0.4 is 0 Å². The van der Waals surface area contributed by atoms with Crippen molar-refractivity contribution in [2.24, 2.45) is 0 Å². The summed E-state index contributed by atoms with van der Waals surface area (Å²) in [7, 11) is 0. The predicted molar refractivity (Wildman–Crippen MR) is 65.1 cm³/mol. The largest absolute Gasteiger partial charge is 0.417 e. The Balaban J connectivity index is 2.69. The predicted octanol–water partition coefficient (Wildman–Crippen LogP) is 4.23. The Morgan fingerprint density at radius 1 is 1.11 bits per heavy atom. The molecule has 0 aliphatic carbocycles. The van der Waals surface area contributed by atoms with Crippen LogP contribution in [0.15, 0.2) is 36.4 Å². The van der Waals surface area contributed by atoms with Gasteiger partial charge in [0.05, 0.1) is 16.3 Å². The summed E-state index contributed by atoms with van der Waals surface area (Å²) >= 11 is 5.86. The second-order valence-corrected chi connectivity index (χ2v) is 4.13. The van der Waals surface area contributed by atoms with Gasteiger partial charge >= 0.3 is 6.18 Å². The lowest BCUT2D eigenvalue weighted by Gasteiger charge is -2.13. The number of pyridine rings is 1.